The summed E-state index contributed by atoms with van der Waals surface area (Å²) in [5.74, 6) is 0.186. The van der Waals surface area contributed by atoms with Gasteiger partial charge in [0.1, 0.15) is 24.8 Å². The van der Waals surface area contributed by atoms with Gasteiger partial charge in [0.15, 0.2) is 0 Å². The Morgan fingerprint density at radius 3 is 3.08 bits per heavy atom. The highest BCUT2D eigenvalue weighted by atomic mass is 79.9. The van der Waals surface area contributed by atoms with Crippen LogP contribution < -0.4 is 11.1 Å². The second kappa shape index (κ2) is 10.0. The van der Waals surface area contributed by atoms with E-state index >= 15 is 0 Å². The number of hydrogen-bond donors (Lipinski definition) is 2. The summed E-state index contributed by atoms with van der Waals surface area (Å²) >= 11 is 3.28. The van der Waals surface area contributed by atoms with Crippen LogP contribution in [0.15, 0.2) is 51.7 Å². The second-order valence-electron chi connectivity index (χ2n) is 5.41. The van der Waals surface area contributed by atoms with Crippen LogP contribution in [0.3, 0.4) is 0 Å². The van der Waals surface area contributed by atoms with Crippen LogP contribution in [-0.2, 0) is 4.74 Å². The Labute approximate surface area is 154 Å². The zero-order valence-electron chi connectivity index (χ0n) is 13.6. The Morgan fingerprint density at radius 2 is 2.36 bits per heavy atom. The SMILES string of the molecule is NC(COCCF)=NCC1C=C(NC(=O)c2ccc(Br)cn2)C=CC1. The number of rotatable bonds is 8. The van der Waals surface area contributed by atoms with Crippen LogP contribution >= 0.6 is 15.9 Å². The maximum absolute atomic E-state index is 12.2. The van der Waals surface area contributed by atoms with Crippen molar-refractivity contribution in [2.45, 2.75) is 6.42 Å². The first kappa shape index (κ1) is 19.3. The van der Waals surface area contributed by atoms with E-state index in [2.05, 4.69) is 31.2 Å². The molecule has 1 atom stereocenters. The molecule has 0 aliphatic heterocycles. The van der Waals surface area contributed by atoms with Crippen molar-refractivity contribution in [2.75, 3.05) is 26.4 Å². The zero-order chi connectivity index (χ0) is 18.1. The van der Waals surface area contributed by atoms with Crippen molar-refractivity contribution in [3.8, 4) is 0 Å². The van der Waals surface area contributed by atoms with E-state index in [0.717, 1.165) is 10.9 Å². The van der Waals surface area contributed by atoms with Gasteiger partial charge in [0, 0.05) is 28.8 Å². The molecule has 1 unspecified atom stereocenters. The molecule has 8 heteroatoms. The number of halogens is 2. The van der Waals surface area contributed by atoms with Crippen molar-refractivity contribution in [2.24, 2.45) is 16.6 Å². The second-order valence-corrected chi connectivity index (χ2v) is 6.33. The minimum atomic E-state index is -0.542. The fourth-order valence-electron chi connectivity index (χ4n) is 2.17. The molecule has 1 amide bonds. The maximum Gasteiger partial charge on any atom is 0.274 e. The van der Waals surface area contributed by atoms with Gasteiger partial charge in [-0.25, -0.2) is 9.37 Å². The summed E-state index contributed by atoms with van der Waals surface area (Å²) in [5.41, 5.74) is 6.76. The molecular formula is C17H20BrFN4O2. The number of amides is 1. The molecule has 1 aliphatic rings. The molecule has 1 heterocycles. The third-order valence-corrected chi connectivity index (χ3v) is 3.84. The molecule has 0 saturated heterocycles. The molecule has 1 aromatic heterocycles. The number of carbonyl (C=O) groups excluding carboxylic acids is 1. The third-order valence-electron chi connectivity index (χ3n) is 3.37. The van der Waals surface area contributed by atoms with E-state index in [4.69, 9.17) is 10.5 Å². The number of amidine groups is 1. The normalized spacial score (nSPS) is 17.3. The lowest BCUT2D eigenvalue weighted by Crippen LogP contribution is -2.25. The van der Waals surface area contributed by atoms with Gasteiger partial charge in [0.2, 0.25) is 0 Å². The number of nitrogens with zero attached hydrogens (tertiary/aromatic N) is 2. The molecule has 3 N–H and O–H groups in total. The largest absolute Gasteiger partial charge is 0.386 e. The summed E-state index contributed by atoms with van der Waals surface area (Å²) in [6.45, 7) is 0.0718. The number of hydrogen-bond acceptors (Lipinski definition) is 4. The van der Waals surface area contributed by atoms with E-state index < -0.39 is 6.67 Å². The Hall–Kier alpha value is -2.06. The monoisotopic (exact) mass is 410 g/mol. The molecule has 0 bridgehead atoms. The highest BCUT2D eigenvalue weighted by Gasteiger charge is 2.13. The molecule has 0 aromatic carbocycles. The molecule has 134 valence electrons. The highest BCUT2D eigenvalue weighted by molar-refractivity contribution is 9.10. The van der Waals surface area contributed by atoms with Crippen molar-refractivity contribution >= 4 is 27.7 Å². The molecule has 1 aromatic rings. The van der Waals surface area contributed by atoms with Crippen molar-refractivity contribution < 1.29 is 13.9 Å². The maximum atomic E-state index is 12.2. The molecule has 1 aliphatic carbocycles. The summed E-state index contributed by atoms with van der Waals surface area (Å²) in [6, 6.07) is 3.41. The lowest BCUT2D eigenvalue weighted by molar-refractivity contribution is 0.0962. The Morgan fingerprint density at radius 1 is 1.52 bits per heavy atom. The Balaban J connectivity index is 1.88. The molecule has 6 nitrogen and oxygen atoms in total. The highest BCUT2D eigenvalue weighted by Crippen LogP contribution is 2.16. The number of alkyl halides is 1. The fourth-order valence-corrected chi connectivity index (χ4v) is 2.41. The number of aliphatic imine (C=N–C) groups is 1. The van der Waals surface area contributed by atoms with Gasteiger partial charge < -0.3 is 15.8 Å². The number of nitrogens with two attached hydrogens (primary N) is 1. The molecular weight excluding hydrogens is 391 g/mol. The van der Waals surface area contributed by atoms with Gasteiger partial charge in [0.05, 0.1) is 6.61 Å². The van der Waals surface area contributed by atoms with Crippen LogP contribution in [0.4, 0.5) is 4.39 Å². The first-order valence-electron chi connectivity index (χ1n) is 7.82. The van der Waals surface area contributed by atoms with Crippen LogP contribution in [0.25, 0.3) is 0 Å². The quantitative estimate of drug-likeness (QED) is 0.391. The van der Waals surface area contributed by atoms with Gasteiger partial charge in [-0.15, -0.1) is 0 Å². The molecule has 0 spiro atoms. The van der Waals surface area contributed by atoms with Crippen LogP contribution in [-0.4, -0.2) is 43.2 Å². The van der Waals surface area contributed by atoms with Crippen molar-refractivity contribution in [1.29, 1.82) is 0 Å². The van der Waals surface area contributed by atoms with E-state index in [1.807, 2.05) is 18.2 Å². The molecule has 0 fully saturated rings. The lowest BCUT2D eigenvalue weighted by Gasteiger charge is -2.16. The minimum absolute atomic E-state index is 0.0164. The van der Waals surface area contributed by atoms with Gasteiger partial charge in [-0.05, 0) is 40.6 Å². The van der Waals surface area contributed by atoms with Crippen LogP contribution in [0, 0.1) is 5.92 Å². The topological polar surface area (TPSA) is 89.6 Å². The van der Waals surface area contributed by atoms with E-state index in [0.29, 0.717) is 23.8 Å². The zero-order valence-corrected chi connectivity index (χ0v) is 15.2. The Kier molecular flexibility index (Phi) is 7.75. The smallest absolute Gasteiger partial charge is 0.274 e. The van der Waals surface area contributed by atoms with E-state index in [1.54, 1.807) is 18.3 Å². The van der Waals surface area contributed by atoms with Crippen LogP contribution in [0.2, 0.25) is 0 Å². The average Bonchev–Trinajstić information content (AvgIpc) is 2.61. The number of nitrogens with one attached hydrogen (secondary N) is 1. The number of pyridine rings is 1. The van der Waals surface area contributed by atoms with Crippen molar-refractivity contribution in [3.05, 3.63) is 52.4 Å². The number of allylic oxidation sites excluding steroid dienone is 2. The number of ether oxygens (including phenoxy) is 1. The predicted molar refractivity (Wildman–Crippen MR) is 98.0 cm³/mol. The van der Waals surface area contributed by atoms with Gasteiger partial charge >= 0.3 is 0 Å². The summed E-state index contributed by atoms with van der Waals surface area (Å²) < 4.78 is 17.7. The fraction of sp³-hybridized carbons (Fsp3) is 0.353. The lowest BCUT2D eigenvalue weighted by atomic mass is 9.99. The summed E-state index contributed by atoms with van der Waals surface area (Å²) in [6.07, 6.45) is 8.14. The van der Waals surface area contributed by atoms with Crippen molar-refractivity contribution in [1.82, 2.24) is 10.3 Å². The van der Waals surface area contributed by atoms with Crippen molar-refractivity contribution in [3.63, 3.8) is 0 Å². The molecule has 25 heavy (non-hydrogen) atoms. The average molecular weight is 411 g/mol. The number of aromatic nitrogens is 1. The van der Waals surface area contributed by atoms with Gasteiger partial charge in [-0.3, -0.25) is 9.79 Å². The first-order chi connectivity index (χ1) is 12.1. The standard InChI is InChI=1S/C17H20BrFN4O2/c18-13-4-5-15(21-10-13)17(24)23-14-3-1-2-12(8-14)9-22-16(20)11-25-7-6-19/h1,3-5,8,10,12H,2,6-7,9,11H2,(H2,20,22)(H,23,24). The summed E-state index contributed by atoms with van der Waals surface area (Å²) in [5, 5.41) is 2.83. The minimum Gasteiger partial charge on any atom is -0.386 e. The first-order valence-corrected chi connectivity index (χ1v) is 8.61. The van der Waals surface area contributed by atoms with Crippen LogP contribution in [0.5, 0.6) is 0 Å². The predicted octanol–water partition coefficient (Wildman–Crippen LogP) is 2.38. The van der Waals surface area contributed by atoms with E-state index in [-0.39, 0.29) is 25.0 Å². The van der Waals surface area contributed by atoms with E-state index in [1.165, 1.54) is 0 Å². The van der Waals surface area contributed by atoms with Gasteiger partial charge in [-0.1, -0.05) is 12.2 Å². The van der Waals surface area contributed by atoms with Gasteiger partial charge in [0.25, 0.3) is 5.91 Å². The number of carbonyl (C=O) groups is 1. The molecule has 0 saturated carbocycles. The third kappa shape index (κ3) is 6.75. The molecule has 0 radical (unpaired) electrons. The van der Waals surface area contributed by atoms with Gasteiger partial charge in [-0.2, -0.15) is 0 Å². The van der Waals surface area contributed by atoms with E-state index in [9.17, 15) is 9.18 Å². The molecule has 2 rings (SSSR count). The summed E-state index contributed by atoms with van der Waals surface area (Å²) in [4.78, 5) is 20.5. The van der Waals surface area contributed by atoms with Crippen LogP contribution in [0.1, 0.15) is 16.9 Å². The Bertz CT molecular complexity index is 674. The summed E-state index contributed by atoms with van der Waals surface area (Å²) in [7, 11) is 0.